The van der Waals surface area contributed by atoms with Crippen LogP contribution in [0.5, 0.6) is 0 Å². The van der Waals surface area contributed by atoms with Gasteiger partial charge in [-0.2, -0.15) is 0 Å². The van der Waals surface area contributed by atoms with Gasteiger partial charge in [0.05, 0.1) is 25.4 Å². The van der Waals surface area contributed by atoms with Crippen molar-refractivity contribution in [2.24, 2.45) is 5.92 Å². The van der Waals surface area contributed by atoms with Crippen molar-refractivity contribution in [2.75, 3.05) is 6.61 Å². The van der Waals surface area contributed by atoms with Crippen LogP contribution < -0.4 is 0 Å². The smallest absolute Gasteiger partial charge is 0.333 e. The van der Waals surface area contributed by atoms with Crippen molar-refractivity contribution in [1.29, 1.82) is 0 Å². The average molecular weight is 268 g/mol. The molecule has 0 unspecified atom stereocenters. The van der Waals surface area contributed by atoms with E-state index in [-0.39, 0.29) is 37.3 Å². The van der Waals surface area contributed by atoms with E-state index in [0.717, 1.165) is 0 Å². The Balaban J connectivity index is 1.84. The quantitative estimate of drug-likeness (QED) is 0.422. The molecule has 0 aromatic carbocycles. The lowest BCUT2D eigenvalue weighted by atomic mass is 9.93. The predicted molar refractivity (Wildman–Crippen MR) is 62.6 cm³/mol. The van der Waals surface area contributed by atoms with Crippen LogP contribution in [0.25, 0.3) is 0 Å². The van der Waals surface area contributed by atoms with E-state index in [9.17, 15) is 14.4 Å². The van der Waals surface area contributed by atoms with Gasteiger partial charge in [0, 0.05) is 12.0 Å². The molecule has 0 aromatic rings. The fraction of sp³-hybridized carbons (Fsp3) is 0.615. The second-order valence-electron chi connectivity index (χ2n) is 4.88. The van der Waals surface area contributed by atoms with Crippen molar-refractivity contribution in [3.63, 3.8) is 0 Å². The number of rotatable bonds is 5. The summed E-state index contributed by atoms with van der Waals surface area (Å²) < 4.78 is 15.3. The SMILES string of the molecule is C=C(C)C(=O)OCCCC12OC(=O)CC1CC(=O)O2. The Kier molecular flexibility index (Phi) is 3.59. The number of carbonyl (C=O) groups excluding carboxylic acids is 3. The Morgan fingerprint density at radius 2 is 1.95 bits per heavy atom. The Morgan fingerprint density at radius 1 is 1.37 bits per heavy atom. The Bertz CT molecular complexity index is 418. The molecule has 2 rings (SSSR count). The normalized spacial score (nSPS) is 28.6. The van der Waals surface area contributed by atoms with Gasteiger partial charge in [-0.05, 0) is 13.3 Å². The highest BCUT2D eigenvalue weighted by molar-refractivity contribution is 5.86. The van der Waals surface area contributed by atoms with E-state index in [2.05, 4.69) is 6.58 Å². The fourth-order valence-corrected chi connectivity index (χ4v) is 2.35. The van der Waals surface area contributed by atoms with Crippen LogP contribution >= 0.6 is 0 Å². The van der Waals surface area contributed by atoms with Crippen molar-refractivity contribution in [1.82, 2.24) is 0 Å². The third-order valence-corrected chi connectivity index (χ3v) is 3.27. The second-order valence-corrected chi connectivity index (χ2v) is 4.88. The monoisotopic (exact) mass is 268 g/mol. The lowest BCUT2D eigenvalue weighted by molar-refractivity contribution is -0.209. The zero-order valence-electron chi connectivity index (χ0n) is 10.8. The molecule has 2 fully saturated rings. The molecule has 0 spiro atoms. The minimum Gasteiger partial charge on any atom is -0.462 e. The molecular weight excluding hydrogens is 252 g/mol. The molecule has 0 aliphatic carbocycles. The number of hydrogen-bond donors (Lipinski definition) is 0. The first kappa shape index (κ1) is 13.6. The third-order valence-electron chi connectivity index (χ3n) is 3.27. The summed E-state index contributed by atoms with van der Waals surface area (Å²) in [5.74, 6) is -2.51. The zero-order valence-corrected chi connectivity index (χ0v) is 10.8. The van der Waals surface area contributed by atoms with Crippen LogP contribution in [0.1, 0.15) is 32.6 Å². The summed E-state index contributed by atoms with van der Waals surface area (Å²) in [4.78, 5) is 33.8. The van der Waals surface area contributed by atoms with E-state index in [1.54, 1.807) is 6.92 Å². The number of carbonyl (C=O) groups is 3. The van der Waals surface area contributed by atoms with Crippen molar-refractivity contribution in [3.8, 4) is 0 Å². The molecule has 0 atom stereocenters. The van der Waals surface area contributed by atoms with E-state index >= 15 is 0 Å². The van der Waals surface area contributed by atoms with Gasteiger partial charge in [-0.3, -0.25) is 9.59 Å². The molecule has 19 heavy (non-hydrogen) atoms. The van der Waals surface area contributed by atoms with Crippen LogP contribution in [0, 0.1) is 5.92 Å². The highest BCUT2D eigenvalue weighted by Crippen LogP contribution is 2.45. The van der Waals surface area contributed by atoms with Gasteiger partial charge >= 0.3 is 17.9 Å². The second kappa shape index (κ2) is 5.03. The van der Waals surface area contributed by atoms with Gasteiger partial charge in [-0.15, -0.1) is 0 Å². The number of esters is 3. The third kappa shape index (κ3) is 2.77. The molecule has 0 saturated carbocycles. The van der Waals surface area contributed by atoms with Crippen LogP contribution in [0.4, 0.5) is 0 Å². The first-order valence-electron chi connectivity index (χ1n) is 6.19. The van der Waals surface area contributed by atoms with Crippen LogP contribution in [0.3, 0.4) is 0 Å². The molecule has 2 saturated heterocycles. The van der Waals surface area contributed by atoms with E-state index in [1.807, 2.05) is 0 Å². The summed E-state index contributed by atoms with van der Waals surface area (Å²) in [6.45, 7) is 5.21. The summed E-state index contributed by atoms with van der Waals surface area (Å²) in [7, 11) is 0. The maximum absolute atomic E-state index is 11.3. The van der Waals surface area contributed by atoms with Crippen molar-refractivity contribution >= 4 is 17.9 Å². The standard InChI is InChI=1S/C13H16O6/c1-8(2)12(16)17-5-3-4-13-9(6-10(14)18-13)7-11(15)19-13/h9H,1,3-7H2,2H3. The molecule has 6 heteroatoms. The maximum atomic E-state index is 11.3. The zero-order chi connectivity index (χ0) is 14.0. The molecule has 0 N–H and O–H groups in total. The van der Waals surface area contributed by atoms with E-state index in [4.69, 9.17) is 14.2 Å². The molecule has 2 aliphatic heterocycles. The minimum atomic E-state index is -1.14. The summed E-state index contributed by atoms with van der Waals surface area (Å²) in [6.07, 6.45) is 1.21. The Hall–Kier alpha value is -1.85. The highest BCUT2D eigenvalue weighted by Gasteiger charge is 2.57. The molecule has 0 aromatic heterocycles. The lowest BCUT2D eigenvalue weighted by Gasteiger charge is -2.25. The summed E-state index contributed by atoms with van der Waals surface area (Å²) >= 11 is 0. The van der Waals surface area contributed by atoms with Crippen molar-refractivity contribution < 1.29 is 28.6 Å². The predicted octanol–water partition coefficient (Wildman–Crippen LogP) is 1.09. The number of fused-ring (bicyclic) bond motifs is 1. The van der Waals surface area contributed by atoms with Crippen molar-refractivity contribution in [2.45, 2.75) is 38.4 Å². The maximum Gasteiger partial charge on any atom is 0.333 e. The molecule has 104 valence electrons. The first-order chi connectivity index (χ1) is 8.93. The largest absolute Gasteiger partial charge is 0.462 e. The molecule has 0 amide bonds. The first-order valence-corrected chi connectivity index (χ1v) is 6.19. The summed E-state index contributed by atoms with van der Waals surface area (Å²) in [6, 6.07) is 0. The minimum absolute atomic E-state index is 0.176. The molecular formula is C13H16O6. The van der Waals surface area contributed by atoms with Gasteiger partial charge in [-0.25, -0.2) is 4.79 Å². The molecule has 0 radical (unpaired) electrons. The van der Waals surface area contributed by atoms with Gasteiger partial charge in [0.25, 0.3) is 5.79 Å². The average Bonchev–Trinajstić information content (AvgIpc) is 2.75. The van der Waals surface area contributed by atoms with Crippen molar-refractivity contribution in [3.05, 3.63) is 12.2 Å². The van der Waals surface area contributed by atoms with Gasteiger partial charge in [0.1, 0.15) is 0 Å². The molecule has 2 aliphatic rings. The molecule has 0 bridgehead atoms. The van der Waals surface area contributed by atoms with Crippen LogP contribution in [-0.2, 0) is 28.6 Å². The van der Waals surface area contributed by atoms with Gasteiger partial charge in [0.2, 0.25) is 0 Å². The molecule has 6 nitrogen and oxygen atoms in total. The van der Waals surface area contributed by atoms with E-state index in [0.29, 0.717) is 18.4 Å². The fourth-order valence-electron chi connectivity index (χ4n) is 2.35. The Morgan fingerprint density at radius 3 is 2.47 bits per heavy atom. The van der Waals surface area contributed by atoms with Gasteiger partial charge in [-0.1, -0.05) is 6.58 Å². The Labute approximate surface area is 110 Å². The van der Waals surface area contributed by atoms with Crippen LogP contribution in [-0.4, -0.2) is 30.3 Å². The van der Waals surface area contributed by atoms with E-state index < -0.39 is 11.8 Å². The summed E-state index contributed by atoms with van der Waals surface area (Å²) in [5, 5.41) is 0. The van der Waals surface area contributed by atoms with Crippen LogP contribution in [0.15, 0.2) is 12.2 Å². The lowest BCUT2D eigenvalue weighted by Crippen LogP contribution is -2.34. The number of hydrogen-bond acceptors (Lipinski definition) is 6. The van der Waals surface area contributed by atoms with Gasteiger partial charge in [0.15, 0.2) is 0 Å². The topological polar surface area (TPSA) is 78.9 Å². The summed E-state index contributed by atoms with van der Waals surface area (Å²) in [5.41, 5.74) is 0.329. The van der Waals surface area contributed by atoms with Crippen LogP contribution in [0.2, 0.25) is 0 Å². The van der Waals surface area contributed by atoms with E-state index in [1.165, 1.54) is 0 Å². The highest BCUT2D eigenvalue weighted by atomic mass is 16.7. The van der Waals surface area contributed by atoms with Gasteiger partial charge < -0.3 is 14.2 Å². The molecule has 2 heterocycles. The number of ether oxygens (including phenoxy) is 3.